The van der Waals surface area contributed by atoms with Crippen LogP contribution in [0, 0.1) is 0 Å². The number of hydrogen-bond donors (Lipinski definition) is 1. The highest BCUT2D eigenvalue weighted by Crippen LogP contribution is 2.53. The average Bonchev–Trinajstić information content (AvgIpc) is 3.22. The molecule has 0 fully saturated rings. The van der Waals surface area contributed by atoms with Crippen molar-refractivity contribution in [2.75, 3.05) is 0 Å². The second-order valence-electron chi connectivity index (χ2n) is 7.65. The highest BCUT2D eigenvalue weighted by Gasteiger charge is 2.40. The molecule has 1 unspecified atom stereocenters. The van der Waals surface area contributed by atoms with Gasteiger partial charge >= 0.3 is 0 Å². The number of fused-ring (bicyclic) bond motifs is 6. The Morgan fingerprint density at radius 1 is 0.593 bits per heavy atom. The standard InChI is InChI=1S/C26H19N/c1-26(17-9-3-2-4-10-17)22-13-7-5-11-18(22)20-16-25-21(15-23(20)26)19-12-6-8-14-24(19)27-25/h2-16,27H,1H3. The van der Waals surface area contributed by atoms with Gasteiger partial charge in [0, 0.05) is 27.2 Å². The van der Waals surface area contributed by atoms with Crippen LogP contribution in [0.2, 0.25) is 0 Å². The SMILES string of the molecule is CC1(c2ccccc2)c2ccccc2-c2cc3[nH]c4ccccc4c3cc21. The number of hydrogen-bond acceptors (Lipinski definition) is 0. The number of aromatic nitrogens is 1. The van der Waals surface area contributed by atoms with Gasteiger partial charge in [-0.05, 0) is 52.9 Å². The van der Waals surface area contributed by atoms with Gasteiger partial charge in [-0.25, -0.2) is 0 Å². The number of rotatable bonds is 1. The molecule has 0 saturated heterocycles. The van der Waals surface area contributed by atoms with E-state index in [4.69, 9.17) is 0 Å². The van der Waals surface area contributed by atoms with Gasteiger partial charge in [0.15, 0.2) is 0 Å². The zero-order valence-corrected chi connectivity index (χ0v) is 15.2. The lowest BCUT2D eigenvalue weighted by Gasteiger charge is -2.28. The molecule has 0 saturated carbocycles. The van der Waals surface area contributed by atoms with Gasteiger partial charge in [0.1, 0.15) is 0 Å². The second-order valence-corrected chi connectivity index (χ2v) is 7.65. The summed E-state index contributed by atoms with van der Waals surface area (Å²) in [5, 5.41) is 2.60. The molecule has 0 spiro atoms. The lowest BCUT2D eigenvalue weighted by molar-refractivity contribution is 0.715. The monoisotopic (exact) mass is 345 g/mol. The van der Waals surface area contributed by atoms with Crippen molar-refractivity contribution in [2.24, 2.45) is 0 Å². The van der Waals surface area contributed by atoms with E-state index in [0.717, 1.165) is 0 Å². The third-order valence-corrected chi connectivity index (χ3v) is 6.29. The highest BCUT2D eigenvalue weighted by atomic mass is 14.7. The van der Waals surface area contributed by atoms with E-state index in [-0.39, 0.29) is 5.41 Å². The molecule has 0 radical (unpaired) electrons. The predicted octanol–water partition coefficient (Wildman–Crippen LogP) is 6.66. The van der Waals surface area contributed by atoms with Crippen LogP contribution < -0.4 is 0 Å². The van der Waals surface area contributed by atoms with Crippen LogP contribution >= 0.6 is 0 Å². The summed E-state index contributed by atoms with van der Waals surface area (Å²) in [5.74, 6) is 0. The third kappa shape index (κ3) is 1.84. The topological polar surface area (TPSA) is 15.8 Å². The van der Waals surface area contributed by atoms with E-state index in [9.17, 15) is 0 Å². The molecule has 4 aromatic carbocycles. The molecular weight excluding hydrogens is 326 g/mol. The minimum atomic E-state index is -0.139. The Kier molecular flexibility index (Phi) is 2.80. The number of benzene rings is 4. The summed E-state index contributed by atoms with van der Waals surface area (Å²) < 4.78 is 0. The molecule has 1 aromatic heterocycles. The first-order chi connectivity index (χ1) is 13.3. The van der Waals surface area contributed by atoms with E-state index in [2.05, 4.69) is 103 Å². The van der Waals surface area contributed by atoms with Crippen molar-refractivity contribution in [3.05, 3.63) is 108 Å². The van der Waals surface area contributed by atoms with Gasteiger partial charge in [0.2, 0.25) is 0 Å². The maximum absolute atomic E-state index is 3.61. The molecule has 0 aliphatic heterocycles. The van der Waals surface area contributed by atoms with E-state index in [0.29, 0.717) is 0 Å². The van der Waals surface area contributed by atoms with Crippen LogP contribution in [0.25, 0.3) is 32.9 Å². The first-order valence-corrected chi connectivity index (χ1v) is 9.47. The largest absolute Gasteiger partial charge is 0.354 e. The number of aromatic amines is 1. The second kappa shape index (κ2) is 5.11. The summed E-state index contributed by atoms with van der Waals surface area (Å²) in [5.41, 5.74) is 9.09. The number of nitrogens with one attached hydrogen (secondary N) is 1. The third-order valence-electron chi connectivity index (χ3n) is 6.29. The van der Waals surface area contributed by atoms with Gasteiger partial charge in [-0.15, -0.1) is 0 Å². The van der Waals surface area contributed by atoms with Crippen LogP contribution in [0.15, 0.2) is 91.0 Å². The predicted molar refractivity (Wildman–Crippen MR) is 113 cm³/mol. The van der Waals surface area contributed by atoms with E-state index in [1.165, 1.54) is 49.6 Å². The average molecular weight is 345 g/mol. The molecular formula is C26H19N. The lowest BCUT2D eigenvalue weighted by Crippen LogP contribution is -2.22. The van der Waals surface area contributed by atoms with Gasteiger partial charge in [-0.3, -0.25) is 0 Å². The number of H-pyrrole nitrogens is 1. The number of para-hydroxylation sites is 1. The lowest BCUT2D eigenvalue weighted by atomic mass is 9.74. The zero-order chi connectivity index (χ0) is 18.0. The van der Waals surface area contributed by atoms with Crippen molar-refractivity contribution in [3.63, 3.8) is 0 Å². The molecule has 1 atom stereocenters. The van der Waals surface area contributed by atoms with Gasteiger partial charge in [-0.1, -0.05) is 72.8 Å². The van der Waals surface area contributed by atoms with Crippen molar-refractivity contribution in [1.82, 2.24) is 4.98 Å². The Labute approximate surface area is 158 Å². The van der Waals surface area contributed by atoms with Gasteiger partial charge in [-0.2, -0.15) is 0 Å². The summed E-state index contributed by atoms with van der Waals surface area (Å²) in [6, 6.07) is 33.1. The van der Waals surface area contributed by atoms with Crippen LogP contribution in [0.3, 0.4) is 0 Å². The molecule has 0 amide bonds. The van der Waals surface area contributed by atoms with Crippen molar-refractivity contribution >= 4 is 21.8 Å². The van der Waals surface area contributed by atoms with Crippen LogP contribution in [0.1, 0.15) is 23.6 Å². The summed E-state index contributed by atoms with van der Waals surface area (Å²) in [7, 11) is 0. The maximum Gasteiger partial charge on any atom is 0.0471 e. The minimum Gasteiger partial charge on any atom is -0.354 e. The Bertz CT molecular complexity index is 1330. The Hall–Kier alpha value is -3.32. The van der Waals surface area contributed by atoms with Crippen LogP contribution in [-0.4, -0.2) is 4.98 Å². The van der Waals surface area contributed by atoms with E-state index >= 15 is 0 Å². The van der Waals surface area contributed by atoms with Crippen molar-refractivity contribution in [1.29, 1.82) is 0 Å². The molecule has 1 heteroatoms. The molecule has 1 N–H and O–H groups in total. The Morgan fingerprint density at radius 2 is 1.33 bits per heavy atom. The molecule has 1 nitrogen and oxygen atoms in total. The smallest absolute Gasteiger partial charge is 0.0471 e. The molecule has 1 aliphatic rings. The van der Waals surface area contributed by atoms with E-state index in [1.54, 1.807) is 0 Å². The summed E-state index contributed by atoms with van der Waals surface area (Å²) in [6.07, 6.45) is 0. The molecule has 0 bridgehead atoms. The van der Waals surface area contributed by atoms with E-state index < -0.39 is 0 Å². The zero-order valence-electron chi connectivity index (χ0n) is 15.2. The summed E-state index contributed by atoms with van der Waals surface area (Å²) in [4.78, 5) is 3.61. The quantitative estimate of drug-likeness (QED) is 0.350. The van der Waals surface area contributed by atoms with E-state index in [1.807, 2.05) is 0 Å². The first kappa shape index (κ1) is 14.8. The van der Waals surface area contributed by atoms with Gasteiger partial charge in [0.05, 0.1) is 0 Å². The normalized spacial score (nSPS) is 18.0. The summed E-state index contributed by atoms with van der Waals surface area (Å²) in [6.45, 7) is 2.37. The van der Waals surface area contributed by atoms with Gasteiger partial charge in [0.25, 0.3) is 0 Å². The fourth-order valence-corrected chi connectivity index (χ4v) is 4.92. The van der Waals surface area contributed by atoms with Crippen LogP contribution in [-0.2, 0) is 5.41 Å². The maximum atomic E-state index is 3.61. The van der Waals surface area contributed by atoms with Crippen molar-refractivity contribution < 1.29 is 0 Å². The fraction of sp³-hybridized carbons (Fsp3) is 0.0769. The molecule has 1 aliphatic carbocycles. The highest BCUT2D eigenvalue weighted by molar-refractivity contribution is 6.09. The molecule has 5 aromatic rings. The Morgan fingerprint density at radius 3 is 2.22 bits per heavy atom. The van der Waals surface area contributed by atoms with Crippen molar-refractivity contribution in [2.45, 2.75) is 12.3 Å². The van der Waals surface area contributed by atoms with Gasteiger partial charge < -0.3 is 4.98 Å². The van der Waals surface area contributed by atoms with Crippen LogP contribution in [0.5, 0.6) is 0 Å². The van der Waals surface area contributed by atoms with Crippen LogP contribution in [0.4, 0.5) is 0 Å². The molecule has 6 rings (SSSR count). The Balaban J connectivity index is 1.77. The summed E-state index contributed by atoms with van der Waals surface area (Å²) >= 11 is 0. The fourth-order valence-electron chi connectivity index (χ4n) is 4.92. The molecule has 27 heavy (non-hydrogen) atoms. The first-order valence-electron chi connectivity index (χ1n) is 9.47. The van der Waals surface area contributed by atoms with Crippen molar-refractivity contribution in [3.8, 4) is 11.1 Å². The minimum absolute atomic E-state index is 0.139. The molecule has 1 heterocycles. The molecule has 128 valence electrons.